The van der Waals surface area contributed by atoms with Crippen molar-refractivity contribution in [3.05, 3.63) is 99.6 Å². The Balaban J connectivity index is 0.891. The Hall–Kier alpha value is -5.98. The molecule has 0 unspecified atom stereocenters. The molecule has 5 aliphatic rings. The average molecular weight is 966 g/mol. The number of fused-ring (bicyclic) bond motifs is 2. The molecule has 2 saturated heterocycles. The molecule has 1 spiro atoms. The number of nitrogens with zero attached hydrogens (tertiary/aromatic N) is 4. The number of likely N-dealkylation sites (tertiary alicyclic amines) is 1. The number of piperidine rings is 1. The van der Waals surface area contributed by atoms with E-state index in [9.17, 15) is 28.4 Å². The Labute approximate surface area is 401 Å². The van der Waals surface area contributed by atoms with Gasteiger partial charge in [0, 0.05) is 55.4 Å². The van der Waals surface area contributed by atoms with Crippen LogP contribution in [0.5, 0.6) is 23.0 Å². The van der Waals surface area contributed by atoms with Gasteiger partial charge < -0.3 is 34.5 Å². The summed E-state index contributed by atoms with van der Waals surface area (Å²) in [6.07, 6.45) is 11.9. The van der Waals surface area contributed by atoms with Gasteiger partial charge in [0.25, 0.3) is 21.6 Å². The lowest BCUT2D eigenvalue weighted by Crippen LogP contribution is -2.55. The number of carbonyl (C=O) groups is 1. The van der Waals surface area contributed by atoms with Gasteiger partial charge in [-0.3, -0.25) is 19.8 Å². The molecule has 0 bridgehead atoms. The highest BCUT2D eigenvalue weighted by Gasteiger charge is 2.50. The number of aliphatic hydroxyl groups is 1. The van der Waals surface area contributed by atoms with Crippen LogP contribution in [0.15, 0.2) is 71.9 Å². The van der Waals surface area contributed by atoms with Crippen LogP contribution in [0.4, 0.5) is 21.5 Å². The quantitative estimate of drug-likeness (QED) is 0.0643. The summed E-state index contributed by atoms with van der Waals surface area (Å²) >= 11 is 0. The number of aromatic amines is 1. The zero-order chi connectivity index (χ0) is 48.2. The van der Waals surface area contributed by atoms with Gasteiger partial charge in [-0.25, -0.2) is 22.5 Å². The zero-order valence-electron chi connectivity index (χ0n) is 39.3. The monoisotopic (exact) mass is 965 g/mol. The molecule has 5 aromatic rings. The van der Waals surface area contributed by atoms with Gasteiger partial charge in [0.15, 0.2) is 17.2 Å². The maximum Gasteiger partial charge on any atom is 0.297 e. The lowest BCUT2D eigenvalue weighted by Gasteiger charge is -2.56. The second-order valence-electron chi connectivity index (χ2n) is 20.4. The summed E-state index contributed by atoms with van der Waals surface area (Å²) in [5.74, 6) is -1.80. The molecule has 69 heavy (non-hydrogen) atoms. The molecule has 0 radical (unpaired) electrons. The molecule has 3 aromatic carbocycles. The Bertz CT molecular complexity index is 2880. The summed E-state index contributed by atoms with van der Waals surface area (Å²) in [5.41, 5.74) is 1.99. The summed E-state index contributed by atoms with van der Waals surface area (Å²) in [6.45, 7) is 8.79. The van der Waals surface area contributed by atoms with Gasteiger partial charge in [-0.15, -0.1) is 0 Å². The van der Waals surface area contributed by atoms with Crippen molar-refractivity contribution in [3.63, 3.8) is 0 Å². The van der Waals surface area contributed by atoms with E-state index >= 15 is 4.39 Å². The molecule has 4 fully saturated rings. The Morgan fingerprint density at radius 1 is 1.03 bits per heavy atom. The smallest absolute Gasteiger partial charge is 0.297 e. The third kappa shape index (κ3) is 9.30. The molecule has 1 atom stereocenters. The van der Waals surface area contributed by atoms with Crippen LogP contribution in [0.3, 0.4) is 0 Å². The van der Waals surface area contributed by atoms with Crippen LogP contribution >= 0.6 is 0 Å². The van der Waals surface area contributed by atoms with Crippen molar-refractivity contribution < 1.29 is 41.8 Å². The van der Waals surface area contributed by atoms with Crippen LogP contribution in [-0.2, 0) is 10.0 Å². The van der Waals surface area contributed by atoms with Gasteiger partial charge in [0.05, 0.1) is 28.0 Å². The van der Waals surface area contributed by atoms with E-state index in [0.29, 0.717) is 74.4 Å². The summed E-state index contributed by atoms with van der Waals surface area (Å²) < 4.78 is 65.0. The maximum atomic E-state index is 16.6. The number of ether oxygens (including phenoxy) is 3. The lowest BCUT2D eigenvalue weighted by molar-refractivity contribution is -0.384. The van der Waals surface area contributed by atoms with Gasteiger partial charge in [0.1, 0.15) is 41.1 Å². The summed E-state index contributed by atoms with van der Waals surface area (Å²) in [6, 6.07) is 16.5. The number of nitro benzene ring substituents is 1. The van der Waals surface area contributed by atoms with E-state index in [1.807, 2.05) is 9.62 Å². The number of pyridine rings is 1. The van der Waals surface area contributed by atoms with E-state index in [0.717, 1.165) is 50.8 Å². The number of aromatic nitrogens is 2. The number of halogens is 1. The van der Waals surface area contributed by atoms with Crippen molar-refractivity contribution in [2.24, 2.45) is 11.3 Å². The third-order valence-corrected chi connectivity index (χ3v) is 16.7. The van der Waals surface area contributed by atoms with Gasteiger partial charge in [0.2, 0.25) is 0 Å². The molecule has 3 aliphatic heterocycles. The number of anilines is 2. The molecule has 10 rings (SSSR count). The second kappa shape index (κ2) is 18.4. The van der Waals surface area contributed by atoms with Crippen molar-refractivity contribution in [1.82, 2.24) is 19.6 Å². The van der Waals surface area contributed by atoms with Crippen LogP contribution < -0.4 is 29.1 Å². The number of nitro groups is 1. The first-order chi connectivity index (χ1) is 33.1. The Kier molecular flexibility index (Phi) is 12.5. The highest BCUT2D eigenvalue weighted by molar-refractivity contribution is 7.90. The van der Waals surface area contributed by atoms with Crippen LogP contribution in [0.2, 0.25) is 0 Å². The first-order valence-electron chi connectivity index (χ1n) is 24.3. The van der Waals surface area contributed by atoms with Crippen LogP contribution in [-0.4, -0.2) is 90.3 Å². The topological polar surface area (TPSA) is 201 Å². The molecule has 2 aliphatic carbocycles. The molecule has 2 aromatic heterocycles. The number of nitrogens with one attached hydrogen (secondary N) is 3. The predicted molar refractivity (Wildman–Crippen MR) is 258 cm³/mol. The van der Waals surface area contributed by atoms with E-state index in [1.54, 1.807) is 25.3 Å². The average Bonchev–Trinajstić information content (AvgIpc) is 4.01. The Morgan fingerprint density at radius 3 is 2.51 bits per heavy atom. The van der Waals surface area contributed by atoms with Crippen molar-refractivity contribution in [2.75, 3.05) is 49.6 Å². The fourth-order valence-electron chi connectivity index (χ4n) is 11.5. The van der Waals surface area contributed by atoms with Gasteiger partial charge in [-0.1, -0.05) is 38.1 Å². The van der Waals surface area contributed by atoms with E-state index in [1.165, 1.54) is 29.8 Å². The number of hydrogen-bond acceptors (Lipinski definition) is 13. The molecular formula is C51H60FN7O9S. The highest BCUT2D eigenvalue weighted by atomic mass is 32.2. The first kappa shape index (κ1) is 46.7. The summed E-state index contributed by atoms with van der Waals surface area (Å²) in [5, 5.41) is 26.8. The van der Waals surface area contributed by atoms with Crippen molar-refractivity contribution in [3.8, 4) is 23.0 Å². The second-order valence-corrected chi connectivity index (χ2v) is 22.0. The van der Waals surface area contributed by atoms with E-state index in [-0.39, 0.29) is 58.9 Å². The van der Waals surface area contributed by atoms with Crippen molar-refractivity contribution >= 4 is 44.0 Å². The fraction of sp³-hybridized carbons (Fsp3) is 0.490. The number of sulfonamides is 1. The third-order valence-electron chi connectivity index (χ3n) is 15.4. The molecule has 18 heteroatoms. The summed E-state index contributed by atoms with van der Waals surface area (Å²) in [7, 11) is -4.94. The minimum Gasteiger partial charge on any atom is -0.485 e. The normalized spacial score (nSPS) is 22.7. The number of hydrogen-bond donors (Lipinski definition) is 4. The minimum absolute atomic E-state index is 0.0116. The standard InChI is InChI=1S/C51H60FN7O9S/c1-31(2)36-7-4-5-8-37(36)40-9-6-18-58(40)34-27-51(28-34)15-19-57(20-16-51)41-25-43(68-35-23-33-12-17-53-48(33)55-30-35)38(24-39(41)52)49(60)56-69(64,65)44-26-42(59(62)63)45(47-46(44)66-21-22-67-47)54-29-32-10-13-50(3,61)14-11-32/h4-5,7-8,12,17,23-26,30-32,34,40,54,61H,6,9-11,13-16,18-22,27-29H2,1-3H3,(H,53,55)(H,56,60)/t32?,40-,50?/m0/s1. The minimum atomic E-state index is -4.94. The molecule has 4 N–H and O–H groups in total. The van der Waals surface area contributed by atoms with Gasteiger partial charge in [-0.05, 0) is 124 Å². The van der Waals surface area contributed by atoms with Gasteiger partial charge >= 0.3 is 0 Å². The van der Waals surface area contributed by atoms with Crippen LogP contribution in [0.1, 0.15) is 118 Å². The molecule has 366 valence electrons. The zero-order valence-corrected chi connectivity index (χ0v) is 40.1. The molecular weight excluding hydrogens is 906 g/mol. The van der Waals surface area contributed by atoms with E-state index < -0.39 is 48.4 Å². The molecule has 1 amide bonds. The molecule has 16 nitrogen and oxygen atoms in total. The number of H-pyrrole nitrogens is 1. The number of rotatable bonds is 13. The molecule has 2 saturated carbocycles. The largest absolute Gasteiger partial charge is 0.485 e. The molecule has 5 heterocycles. The van der Waals surface area contributed by atoms with E-state index in [2.05, 4.69) is 58.3 Å². The van der Waals surface area contributed by atoms with Crippen LogP contribution in [0, 0.1) is 27.3 Å². The highest BCUT2D eigenvalue weighted by Crippen LogP contribution is 2.55. The van der Waals surface area contributed by atoms with Crippen molar-refractivity contribution in [1.29, 1.82) is 0 Å². The van der Waals surface area contributed by atoms with Crippen molar-refractivity contribution in [2.45, 2.75) is 113 Å². The number of benzene rings is 3. The summed E-state index contributed by atoms with van der Waals surface area (Å²) in [4.78, 5) is 37.5. The predicted octanol–water partition coefficient (Wildman–Crippen LogP) is 9.36. The Morgan fingerprint density at radius 2 is 1.77 bits per heavy atom. The number of carbonyl (C=O) groups excluding carboxylic acids is 1. The maximum absolute atomic E-state index is 16.6. The fourth-order valence-corrected chi connectivity index (χ4v) is 12.6. The van der Waals surface area contributed by atoms with Gasteiger partial charge in [-0.2, -0.15) is 0 Å². The van der Waals surface area contributed by atoms with E-state index in [4.69, 9.17) is 14.2 Å². The lowest BCUT2D eigenvalue weighted by atomic mass is 9.59. The number of amides is 1. The SMILES string of the molecule is CC(C)c1ccccc1[C@@H]1CCCN1C1CC2(CCN(c3cc(Oc4cnc5[nH]ccc5c4)c(C(=O)NS(=O)(=O)c4cc([N+](=O)[O-])c(NCC5CCC(C)(O)CC5)c5c4OCCO5)cc3F)CC2)C1. The first-order valence-corrected chi connectivity index (χ1v) is 25.7. The van der Waals surface area contributed by atoms with Crippen LogP contribution in [0.25, 0.3) is 11.0 Å².